The Labute approximate surface area is 138 Å². The first-order chi connectivity index (χ1) is 11.7. The fourth-order valence-electron chi connectivity index (χ4n) is 2.48. The van der Waals surface area contributed by atoms with Crippen molar-refractivity contribution in [3.63, 3.8) is 0 Å². The average Bonchev–Trinajstić information content (AvgIpc) is 3.00. The highest BCUT2D eigenvalue weighted by Gasteiger charge is 2.23. The Balaban J connectivity index is 2.04. The Hall–Kier alpha value is -2.99. The van der Waals surface area contributed by atoms with Crippen molar-refractivity contribution in [3.05, 3.63) is 46.5 Å². The van der Waals surface area contributed by atoms with Gasteiger partial charge in [0.1, 0.15) is 6.04 Å². The predicted octanol–water partition coefficient (Wildman–Crippen LogP) is 2.46. The number of rotatable bonds is 8. The first-order valence-electron chi connectivity index (χ1n) is 7.58. The van der Waals surface area contributed by atoms with Crippen molar-refractivity contribution in [1.29, 1.82) is 0 Å². The molecular weight excluding hydrogens is 310 g/mol. The van der Waals surface area contributed by atoms with Crippen LogP contribution in [0.3, 0.4) is 0 Å². The van der Waals surface area contributed by atoms with Gasteiger partial charge in [-0.1, -0.05) is 23.3 Å². The zero-order valence-electron chi connectivity index (χ0n) is 13.4. The zero-order valence-corrected chi connectivity index (χ0v) is 13.4. The van der Waals surface area contributed by atoms with Crippen molar-refractivity contribution in [2.24, 2.45) is 5.11 Å². The minimum Gasteiger partial charge on any atom is -0.467 e. The number of carbonyl (C=O) groups excluding carboxylic acids is 2. The van der Waals surface area contributed by atoms with Gasteiger partial charge in [0.25, 0.3) is 0 Å². The van der Waals surface area contributed by atoms with Crippen molar-refractivity contribution in [2.75, 3.05) is 13.7 Å². The summed E-state index contributed by atoms with van der Waals surface area (Å²) in [6, 6.07) is 6.98. The minimum atomic E-state index is -0.763. The van der Waals surface area contributed by atoms with Crippen LogP contribution >= 0.6 is 0 Å². The molecule has 1 aromatic heterocycles. The Morgan fingerprint density at radius 1 is 1.42 bits per heavy atom. The number of azide groups is 1. The van der Waals surface area contributed by atoms with Crippen LogP contribution in [0.1, 0.15) is 18.4 Å². The number of para-hydroxylation sites is 1. The van der Waals surface area contributed by atoms with Gasteiger partial charge in [-0.2, -0.15) is 0 Å². The molecule has 0 unspecified atom stereocenters. The molecule has 8 nitrogen and oxygen atoms in total. The standard InChI is InChI=1S/C16H19N5O3/c1-24-16(23)14(20-15(22)7-4-8-19-21-17)9-11-10-18-13-6-3-2-5-12(11)13/h2-3,5-6,10,14,18H,4,7-9H2,1H3,(H,20,22)/t14-/m0/s1. The molecule has 2 N–H and O–H groups in total. The Morgan fingerprint density at radius 2 is 2.21 bits per heavy atom. The molecule has 0 aliphatic heterocycles. The van der Waals surface area contributed by atoms with E-state index in [4.69, 9.17) is 10.3 Å². The van der Waals surface area contributed by atoms with Gasteiger partial charge in [0.05, 0.1) is 7.11 Å². The fourth-order valence-corrected chi connectivity index (χ4v) is 2.48. The second kappa shape index (κ2) is 8.59. The van der Waals surface area contributed by atoms with Crippen molar-refractivity contribution in [1.82, 2.24) is 10.3 Å². The van der Waals surface area contributed by atoms with Crippen LogP contribution in [0.15, 0.2) is 35.6 Å². The summed E-state index contributed by atoms with van der Waals surface area (Å²) >= 11 is 0. The number of aromatic amines is 1. The molecule has 0 fully saturated rings. The van der Waals surface area contributed by atoms with Gasteiger partial charge in [-0.15, -0.1) is 0 Å². The van der Waals surface area contributed by atoms with Gasteiger partial charge in [0.15, 0.2) is 0 Å². The van der Waals surface area contributed by atoms with Crippen LogP contribution < -0.4 is 5.32 Å². The monoisotopic (exact) mass is 329 g/mol. The van der Waals surface area contributed by atoms with Gasteiger partial charge in [0, 0.05) is 41.4 Å². The van der Waals surface area contributed by atoms with Gasteiger partial charge in [0.2, 0.25) is 5.91 Å². The predicted molar refractivity (Wildman–Crippen MR) is 89.2 cm³/mol. The number of hydrogen-bond donors (Lipinski definition) is 2. The van der Waals surface area contributed by atoms with Crippen LogP contribution in [0, 0.1) is 0 Å². The highest BCUT2D eigenvalue weighted by atomic mass is 16.5. The second-order valence-corrected chi connectivity index (χ2v) is 5.26. The van der Waals surface area contributed by atoms with E-state index in [-0.39, 0.29) is 18.9 Å². The average molecular weight is 329 g/mol. The molecule has 1 atom stereocenters. The van der Waals surface area contributed by atoms with Gasteiger partial charge < -0.3 is 15.0 Å². The van der Waals surface area contributed by atoms with Crippen LogP contribution in [-0.4, -0.2) is 36.6 Å². The number of hydrogen-bond acceptors (Lipinski definition) is 4. The third kappa shape index (κ3) is 4.50. The van der Waals surface area contributed by atoms with Crippen molar-refractivity contribution < 1.29 is 14.3 Å². The Morgan fingerprint density at radius 3 is 2.96 bits per heavy atom. The summed E-state index contributed by atoms with van der Waals surface area (Å²) in [7, 11) is 1.29. The zero-order chi connectivity index (χ0) is 17.4. The second-order valence-electron chi connectivity index (χ2n) is 5.26. The lowest BCUT2D eigenvalue weighted by atomic mass is 10.0. The molecule has 0 aliphatic carbocycles. The fraction of sp³-hybridized carbons (Fsp3) is 0.375. The molecule has 0 bridgehead atoms. The summed E-state index contributed by atoms with van der Waals surface area (Å²) < 4.78 is 4.79. The summed E-state index contributed by atoms with van der Waals surface area (Å²) in [5, 5.41) is 7.06. The molecule has 0 radical (unpaired) electrons. The minimum absolute atomic E-state index is 0.181. The van der Waals surface area contributed by atoms with E-state index >= 15 is 0 Å². The molecule has 24 heavy (non-hydrogen) atoms. The van der Waals surface area contributed by atoms with E-state index in [0.717, 1.165) is 16.5 Å². The van der Waals surface area contributed by atoms with E-state index in [1.807, 2.05) is 30.5 Å². The molecule has 0 spiro atoms. The van der Waals surface area contributed by atoms with E-state index < -0.39 is 12.0 Å². The summed E-state index contributed by atoms with van der Waals surface area (Å²) in [4.78, 5) is 29.7. The first-order valence-corrected chi connectivity index (χ1v) is 7.58. The third-order valence-corrected chi connectivity index (χ3v) is 3.65. The number of methoxy groups -OCH3 is 1. The number of H-pyrrole nitrogens is 1. The van der Waals surface area contributed by atoms with E-state index in [9.17, 15) is 9.59 Å². The van der Waals surface area contributed by atoms with E-state index in [1.165, 1.54) is 7.11 Å². The molecule has 2 rings (SSSR count). The van der Waals surface area contributed by atoms with Crippen LogP contribution in [0.25, 0.3) is 21.3 Å². The number of nitrogens with one attached hydrogen (secondary N) is 2. The summed E-state index contributed by atoms with van der Waals surface area (Å²) in [5.74, 6) is -0.776. The number of aromatic nitrogens is 1. The summed E-state index contributed by atoms with van der Waals surface area (Å²) in [6.45, 7) is 0.245. The van der Waals surface area contributed by atoms with Crippen LogP contribution in [0.2, 0.25) is 0 Å². The molecule has 2 aromatic rings. The summed E-state index contributed by atoms with van der Waals surface area (Å²) in [5.41, 5.74) is 10.1. The Bertz CT molecular complexity index is 764. The number of nitrogens with zero attached hydrogens (tertiary/aromatic N) is 3. The van der Waals surface area contributed by atoms with Crippen molar-refractivity contribution >= 4 is 22.8 Å². The van der Waals surface area contributed by atoms with Crippen LogP contribution in [0.5, 0.6) is 0 Å². The SMILES string of the molecule is COC(=O)[C@H](Cc1c[nH]c2ccccc12)NC(=O)CCCN=[N+]=[N-]. The largest absolute Gasteiger partial charge is 0.467 e. The molecule has 1 aromatic carbocycles. The molecule has 1 heterocycles. The number of benzene rings is 1. The van der Waals surface area contributed by atoms with Crippen LogP contribution in [0.4, 0.5) is 0 Å². The lowest BCUT2D eigenvalue weighted by Crippen LogP contribution is -2.43. The van der Waals surface area contributed by atoms with Gasteiger partial charge in [-0.3, -0.25) is 4.79 Å². The van der Waals surface area contributed by atoms with Crippen molar-refractivity contribution in [3.8, 4) is 0 Å². The quantitative estimate of drug-likeness (QED) is 0.254. The van der Waals surface area contributed by atoms with E-state index in [2.05, 4.69) is 20.3 Å². The molecule has 126 valence electrons. The maximum Gasteiger partial charge on any atom is 0.328 e. The third-order valence-electron chi connectivity index (χ3n) is 3.65. The molecule has 0 saturated heterocycles. The maximum absolute atomic E-state index is 12.0. The van der Waals surface area contributed by atoms with Gasteiger partial charge in [-0.05, 0) is 23.6 Å². The number of carbonyl (C=O) groups is 2. The topological polar surface area (TPSA) is 120 Å². The van der Waals surface area contributed by atoms with Crippen molar-refractivity contribution in [2.45, 2.75) is 25.3 Å². The van der Waals surface area contributed by atoms with Gasteiger partial charge in [-0.25, -0.2) is 4.79 Å². The molecule has 0 aliphatic rings. The highest BCUT2D eigenvalue weighted by Crippen LogP contribution is 2.19. The van der Waals surface area contributed by atoms with E-state index in [1.54, 1.807) is 0 Å². The summed E-state index contributed by atoms with van der Waals surface area (Å²) in [6.07, 6.45) is 2.77. The smallest absolute Gasteiger partial charge is 0.328 e. The maximum atomic E-state index is 12.0. The molecule has 0 saturated carbocycles. The number of esters is 1. The highest BCUT2D eigenvalue weighted by molar-refractivity contribution is 5.87. The number of fused-ring (bicyclic) bond motifs is 1. The number of amides is 1. The molecular formula is C16H19N5O3. The first kappa shape index (κ1) is 17.4. The lowest BCUT2D eigenvalue weighted by Gasteiger charge is -2.16. The number of ether oxygens (including phenoxy) is 1. The molecule has 1 amide bonds. The van der Waals surface area contributed by atoms with E-state index in [0.29, 0.717) is 12.8 Å². The lowest BCUT2D eigenvalue weighted by molar-refractivity contribution is -0.145. The Kier molecular flexibility index (Phi) is 6.22. The normalized spacial score (nSPS) is 11.5. The van der Waals surface area contributed by atoms with Crippen LogP contribution in [-0.2, 0) is 20.7 Å². The van der Waals surface area contributed by atoms with Gasteiger partial charge >= 0.3 is 5.97 Å². The molecule has 8 heteroatoms.